The first-order valence-corrected chi connectivity index (χ1v) is 8.44. The van der Waals surface area contributed by atoms with Gasteiger partial charge in [-0.05, 0) is 51.5 Å². The zero-order chi connectivity index (χ0) is 12.8. The van der Waals surface area contributed by atoms with Crippen molar-refractivity contribution in [1.82, 2.24) is 9.80 Å². The van der Waals surface area contributed by atoms with Crippen LogP contribution in [0.3, 0.4) is 0 Å². The molecule has 4 aliphatic rings. The van der Waals surface area contributed by atoms with Gasteiger partial charge in [0.1, 0.15) is 0 Å². The fourth-order valence-electron chi connectivity index (χ4n) is 4.67. The van der Waals surface area contributed by atoms with Gasteiger partial charge in [-0.15, -0.1) is 0 Å². The van der Waals surface area contributed by atoms with E-state index in [1.165, 1.54) is 58.2 Å². The molecule has 4 fully saturated rings. The molecule has 0 amide bonds. The van der Waals surface area contributed by atoms with Crippen LogP contribution in [0.25, 0.3) is 0 Å². The topological polar surface area (TPSA) is 15.7 Å². The van der Waals surface area contributed by atoms with Gasteiger partial charge in [-0.3, -0.25) is 9.80 Å². The number of hydrogen-bond donors (Lipinski definition) is 0. The summed E-state index contributed by atoms with van der Waals surface area (Å²) < 4.78 is 6.07. The van der Waals surface area contributed by atoms with Crippen LogP contribution in [-0.4, -0.2) is 60.3 Å². The summed E-state index contributed by atoms with van der Waals surface area (Å²) in [6.45, 7) is 7.38. The Labute approximate surface area is 117 Å². The van der Waals surface area contributed by atoms with Crippen LogP contribution in [-0.2, 0) is 4.74 Å². The van der Waals surface area contributed by atoms with Crippen molar-refractivity contribution in [3.8, 4) is 0 Å². The van der Waals surface area contributed by atoms with Gasteiger partial charge in [0, 0.05) is 37.8 Å². The van der Waals surface area contributed by atoms with Crippen LogP contribution in [0.1, 0.15) is 45.4 Å². The molecule has 3 heteroatoms. The number of piperazine rings is 1. The highest BCUT2D eigenvalue weighted by Crippen LogP contribution is 2.41. The Hall–Kier alpha value is -0.120. The van der Waals surface area contributed by atoms with Crippen molar-refractivity contribution in [2.75, 3.05) is 26.2 Å². The van der Waals surface area contributed by atoms with Gasteiger partial charge in [-0.25, -0.2) is 0 Å². The Kier molecular flexibility index (Phi) is 3.33. The second-order valence-corrected chi connectivity index (χ2v) is 7.22. The van der Waals surface area contributed by atoms with Crippen molar-refractivity contribution in [3.05, 3.63) is 0 Å². The Balaban J connectivity index is 1.47. The quantitative estimate of drug-likeness (QED) is 0.760. The Morgan fingerprint density at radius 2 is 1.89 bits per heavy atom. The maximum absolute atomic E-state index is 6.07. The maximum atomic E-state index is 6.07. The molecule has 4 atom stereocenters. The SMILES string of the molecule is CC1CN2CCCCC2CN1C1CCOC1C1CC1. The van der Waals surface area contributed by atoms with Gasteiger partial charge in [-0.2, -0.15) is 0 Å². The number of piperidine rings is 1. The molecule has 1 aliphatic carbocycles. The lowest BCUT2D eigenvalue weighted by molar-refractivity contribution is -0.0330. The molecule has 0 aromatic rings. The summed E-state index contributed by atoms with van der Waals surface area (Å²) in [5.74, 6) is 0.893. The third-order valence-electron chi connectivity index (χ3n) is 5.85. The highest BCUT2D eigenvalue weighted by Gasteiger charge is 2.46. The van der Waals surface area contributed by atoms with E-state index in [0.717, 1.165) is 30.7 Å². The van der Waals surface area contributed by atoms with Gasteiger partial charge in [0.05, 0.1) is 6.10 Å². The summed E-state index contributed by atoms with van der Waals surface area (Å²) in [4.78, 5) is 5.58. The summed E-state index contributed by atoms with van der Waals surface area (Å²) in [6.07, 6.45) is 8.95. The highest BCUT2D eigenvalue weighted by atomic mass is 16.5. The summed E-state index contributed by atoms with van der Waals surface area (Å²) in [7, 11) is 0. The van der Waals surface area contributed by atoms with Crippen LogP contribution >= 0.6 is 0 Å². The van der Waals surface area contributed by atoms with Crippen molar-refractivity contribution < 1.29 is 4.74 Å². The first kappa shape index (κ1) is 12.6. The third-order valence-corrected chi connectivity index (χ3v) is 5.85. The van der Waals surface area contributed by atoms with E-state index in [-0.39, 0.29) is 0 Å². The first-order chi connectivity index (χ1) is 9.33. The van der Waals surface area contributed by atoms with Gasteiger partial charge in [0.2, 0.25) is 0 Å². The molecule has 0 aromatic heterocycles. The molecule has 0 aromatic carbocycles. The summed E-state index contributed by atoms with van der Waals surface area (Å²) in [5, 5.41) is 0. The van der Waals surface area contributed by atoms with Crippen LogP contribution in [0, 0.1) is 5.92 Å². The average molecular weight is 264 g/mol. The summed E-state index contributed by atoms with van der Waals surface area (Å²) in [5.41, 5.74) is 0. The third kappa shape index (κ3) is 2.34. The molecule has 108 valence electrons. The maximum Gasteiger partial charge on any atom is 0.0759 e. The normalized spacial score (nSPS) is 45.3. The van der Waals surface area contributed by atoms with Crippen LogP contribution in [0.4, 0.5) is 0 Å². The largest absolute Gasteiger partial charge is 0.376 e. The van der Waals surface area contributed by atoms with E-state index in [1.807, 2.05) is 0 Å². The molecule has 19 heavy (non-hydrogen) atoms. The molecule has 3 saturated heterocycles. The number of fused-ring (bicyclic) bond motifs is 1. The minimum absolute atomic E-state index is 0.567. The van der Waals surface area contributed by atoms with E-state index in [4.69, 9.17) is 4.74 Å². The first-order valence-electron chi connectivity index (χ1n) is 8.44. The van der Waals surface area contributed by atoms with Crippen LogP contribution in [0.2, 0.25) is 0 Å². The molecule has 0 bridgehead atoms. The molecular weight excluding hydrogens is 236 g/mol. The summed E-state index contributed by atoms with van der Waals surface area (Å²) in [6, 6.07) is 2.29. The molecule has 0 radical (unpaired) electrons. The second-order valence-electron chi connectivity index (χ2n) is 7.22. The lowest BCUT2D eigenvalue weighted by Crippen LogP contribution is -2.62. The van der Waals surface area contributed by atoms with Crippen molar-refractivity contribution >= 4 is 0 Å². The predicted molar refractivity (Wildman–Crippen MR) is 76.2 cm³/mol. The van der Waals surface area contributed by atoms with Gasteiger partial charge in [0.15, 0.2) is 0 Å². The lowest BCUT2D eigenvalue weighted by Gasteiger charge is -2.50. The smallest absolute Gasteiger partial charge is 0.0759 e. The molecule has 3 nitrogen and oxygen atoms in total. The molecule has 4 unspecified atom stereocenters. The number of hydrogen-bond acceptors (Lipinski definition) is 3. The summed E-state index contributed by atoms with van der Waals surface area (Å²) >= 11 is 0. The number of ether oxygens (including phenoxy) is 1. The van der Waals surface area contributed by atoms with Gasteiger partial charge >= 0.3 is 0 Å². The van der Waals surface area contributed by atoms with Crippen molar-refractivity contribution in [2.24, 2.45) is 5.92 Å². The van der Waals surface area contributed by atoms with Crippen molar-refractivity contribution in [2.45, 2.75) is 69.7 Å². The lowest BCUT2D eigenvalue weighted by atomic mass is 9.93. The Morgan fingerprint density at radius 1 is 1.00 bits per heavy atom. The minimum Gasteiger partial charge on any atom is -0.376 e. The average Bonchev–Trinajstić information content (AvgIpc) is 3.16. The number of rotatable bonds is 2. The van der Waals surface area contributed by atoms with E-state index in [9.17, 15) is 0 Å². The minimum atomic E-state index is 0.567. The van der Waals surface area contributed by atoms with E-state index in [0.29, 0.717) is 6.10 Å². The molecule has 0 spiro atoms. The van der Waals surface area contributed by atoms with Gasteiger partial charge in [0.25, 0.3) is 0 Å². The standard InChI is InChI=1S/C16H28N2O/c1-12-10-17-8-3-2-4-14(17)11-18(12)15-7-9-19-16(15)13-5-6-13/h12-16H,2-11H2,1H3. The molecule has 3 heterocycles. The molecular formula is C16H28N2O. The van der Waals surface area contributed by atoms with Crippen molar-refractivity contribution in [1.29, 1.82) is 0 Å². The zero-order valence-corrected chi connectivity index (χ0v) is 12.3. The van der Waals surface area contributed by atoms with Crippen LogP contribution in [0.15, 0.2) is 0 Å². The van der Waals surface area contributed by atoms with Gasteiger partial charge in [-0.1, -0.05) is 6.42 Å². The van der Waals surface area contributed by atoms with E-state index < -0.39 is 0 Å². The molecule has 3 aliphatic heterocycles. The van der Waals surface area contributed by atoms with E-state index >= 15 is 0 Å². The second kappa shape index (κ2) is 5.01. The molecule has 4 rings (SSSR count). The Bertz CT molecular complexity index is 331. The Morgan fingerprint density at radius 3 is 2.74 bits per heavy atom. The molecule has 1 saturated carbocycles. The fraction of sp³-hybridized carbons (Fsp3) is 1.00. The van der Waals surface area contributed by atoms with Gasteiger partial charge < -0.3 is 4.74 Å². The predicted octanol–water partition coefficient (Wildman–Crippen LogP) is 2.11. The van der Waals surface area contributed by atoms with Crippen LogP contribution < -0.4 is 0 Å². The van der Waals surface area contributed by atoms with E-state index in [1.54, 1.807) is 0 Å². The van der Waals surface area contributed by atoms with Crippen molar-refractivity contribution in [3.63, 3.8) is 0 Å². The molecule has 0 N–H and O–H groups in total. The van der Waals surface area contributed by atoms with E-state index in [2.05, 4.69) is 16.7 Å². The zero-order valence-electron chi connectivity index (χ0n) is 12.3. The number of nitrogens with zero attached hydrogens (tertiary/aromatic N) is 2. The van der Waals surface area contributed by atoms with Crippen LogP contribution in [0.5, 0.6) is 0 Å². The fourth-order valence-corrected chi connectivity index (χ4v) is 4.67. The monoisotopic (exact) mass is 264 g/mol. The highest BCUT2D eigenvalue weighted by molar-refractivity contribution is 4.99.